The largest absolute Gasteiger partial charge is 0.417 e. The van der Waals surface area contributed by atoms with Gasteiger partial charge in [0, 0.05) is 11.6 Å². The van der Waals surface area contributed by atoms with Gasteiger partial charge in [0.1, 0.15) is 0 Å². The maximum atomic E-state index is 11.9. The quantitative estimate of drug-likeness (QED) is 0.870. The van der Waals surface area contributed by atoms with Crippen LogP contribution in [0.1, 0.15) is 19.8 Å². The van der Waals surface area contributed by atoms with Gasteiger partial charge in [-0.15, -0.1) is 0 Å². The molecule has 0 aliphatic heterocycles. The topological polar surface area (TPSA) is 75.1 Å². The summed E-state index contributed by atoms with van der Waals surface area (Å²) in [4.78, 5) is 25.5. The van der Waals surface area contributed by atoms with E-state index in [4.69, 9.17) is 4.42 Å². The number of H-pyrrole nitrogens is 1. The number of fused-ring (bicyclic) bond motifs is 1. The molecule has 0 saturated heterocycles. The predicted octanol–water partition coefficient (Wildman–Crippen LogP) is 2.11. The van der Waals surface area contributed by atoms with Gasteiger partial charge in [-0.25, -0.2) is 4.79 Å². The molecule has 2 N–H and O–H groups in total. The lowest BCUT2D eigenvalue weighted by atomic mass is 10.1. The number of anilines is 1. The predicted molar refractivity (Wildman–Crippen MR) is 67.4 cm³/mol. The minimum atomic E-state index is -0.486. The lowest BCUT2D eigenvalue weighted by Crippen LogP contribution is -2.21. The molecule has 18 heavy (non-hydrogen) atoms. The van der Waals surface area contributed by atoms with Crippen molar-refractivity contribution in [3.8, 4) is 0 Å². The average molecular weight is 246 g/mol. The van der Waals surface area contributed by atoms with Crippen LogP contribution in [0.4, 0.5) is 5.69 Å². The first-order valence-corrected chi connectivity index (χ1v) is 6.07. The Balaban J connectivity index is 1.81. The zero-order valence-corrected chi connectivity index (χ0v) is 10.0. The number of rotatable bonds is 3. The second-order valence-corrected chi connectivity index (χ2v) is 4.84. The van der Waals surface area contributed by atoms with E-state index in [-0.39, 0.29) is 11.8 Å². The fraction of sp³-hybridized carbons (Fsp3) is 0.385. The van der Waals surface area contributed by atoms with Crippen LogP contribution in [-0.4, -0.2) is 10.9 Å². The minimum Gasteiger partial charge on any atom is -0.408 e. The first kappa shape index (κ1) is 11.1. The van der Waals surface area contributed by atoms with Crippen LogP contribution in [0.2, 0.25) is 0 Å². The second kappa shape index (κ2) is 4.01. The number of aromatic nitrogens is 1. The summed E-state index contributed by atoms with van der Waals surface area (Å²) in [6.45, 7) is 1.95. The fourth-order valence-corrected chi connectivity index (χ4v) is 2.10. The maximum Gasteiger partial charge on any atom is 0.417 e. The van der Waals surface area contributed by atoms with Crippen LogP contribution >= 0.6 is 0 Å². The molecule has 1 aliphatic carbocycles. The van der Waals surface area contributed by atoms with Crippen molar-refractivity contribution in [1.82, 2.24) is 4.98 Å². The van der Waals surface area contributed by atoms with Crippen molar-refractivity contribution in [2.45, 2.75) is 19.8 Å². The van der Waals surface area contributed by atoms with E-state index >= 15 is 0 Å². The Hall–Kier alpha value is -2.04. The molecule has 94 valence electrons. The molecule has 1 amide bonds. The summed E-state index contributed by atoms with van der Waals surface area (Å²) in [5.74, 6) is 0.120. The highest BCUT2D eigenvalue weighted by atomic mass is 16.4. The molecule has 1 unspecified atom stereocenters. The summed E-state index contributed by atoms with van der Waals surface area (Å²) in [6, 6.07) is 5.11. The fourth-order valence-electron chi connectivity index (χ4n) is 2.10. The van der Waals surface area contributed by atoms with Crippen molar-refractivity contribution in [1.29, 1.82) is 0 Å². The van der Waals surface area contributed by atoms with Crippen LogP contribution < -0.4 is 11.1 Å². The van der Waals surface area contributed by atoms with Gasteiger partial charge in [0.2, 0.25) is 5.91 Å². The Bertz CT molecular complexity index is 652. The zero-order chi connectivity index (χ0) is 12.7. The zero-order valence-electron chi connectivity index (χ0n) is 10.0. The van der Waals surface area contributed by atoms with E-state index in [0.29, 0.717) is 22.7 Å². The van der Waals surface area contributed by atoms with E-state index in [0.717, 1.165) is 12.8 Å². The number of amides is 1. The molecular formula is C13H14N2O3. The molecule has 3 rings (SSSR count). The van der Waals surface area contributed by atoms with E-state index in [1.54, 1.807) is 18.2 Å². The number of benzene rings is 1. The van der Waals surface area contributed by atoms with Crippen molar-refractivity contribution in [2.24, 2.45) is 11.8 Å². The summed E-state index contributed by atoms with van der Waals surface area (Å²) in [5.41, 5.74) is 1.77. The standard InChI is InChI=1S/C13H14N2O3/c1-7(8-2-3-8)12(16)14-9-4-5-11-10(6-9)15-13(17)18-11/h4-8H,2-3H2,1H3,(H,14,16)(H,15,17). The molecule has 5 nitrogen and oxygen atoms in total. The smallest absolute Gasteiger partial charge is 0.408 e. The highest BCUT2D eigenvalue weighted by Gasteiger charge is 2.32. The molecule has 1 aliphatic rings. The van der Waals surface area contributed by atoms with E-state index in [1.807, 2.05) is 6.92 Å². The summed E-state index contributed by atoms with van der Waals surface area (Å²) >= 11 is 0. The van der Waals surface area contributed by atoms with Crippen LogP contribution in [0.3, 0.4) is 0 Å². The molecule has 1 saturated carbocycles. The Morgan fingerprint density at radius 3 is 3.00 bits per heavy atom. The Kier molecular flexibility index (Phi) is 2.47. The van der Waals surface area contributed by atoms with Crippen molar-refractivity contribution in [2.75, 3.05) is 5.32 Å². The molecule has 1 fully saturated rings. The van der Waals surface area contributed by atoms with Gasteiger partial charge in [-0.2, -0.15) is 0 Å². The van der Waals surface area contributed by atoms with Crippen LogP contribution in [0.15, 0.2) is 27.4 Å². The van der Waals surface area contributed by atoms with Crippen LogP contribution in [-0.2, 0) is 4.79 Å². The molecule has 0 radical (unpaired) electrons. The van der Waals surface area contributed by atoms with Gasteiger partial charge < -0.3 is 9.73 Å². The molecule has 5 heteroatoms. The van der Waals surface area contributed by atoms with Crippen LogP contribution in [0.5, 0.6) is 0 Å². The normalized spacial score (nSPS) is 16.7. The van der Waals surface area contributed by atoms with Gasteiger partial charge in [0.05, 0.1) is 5.52 Å². The lowest BCUT2D eigenvalue weighted by molar-refractivity contribution is -0.119. The lowest BCUT2D eigenvalue weighted by Gasteiger charge is -2.10. The number of oxazole rings is 1. The second-order valence-electron chi connectivity index (χ2n) is 4.84. The molecule has 0 bridgehead atoms. The third-order valence-electron chi connectivity index (χ3n) is 3.43. The van der Waals surface area contributed by atoms with E-state index in [2.05, 4.69) is 10.3 Å². The molecule has 1 atom stereocenters. The monoisotopic (exact) mass is 246 g/mol. The Morgan fingerprint density at radius 1 is 1.50 bits per heavy atom. The van der Waals surface area contributed by atoms with Crippen molar-refractivity contribution in [3.05, 3.63) is 28.7 Å². The van der Waals surface area contributed by atoms with E-state index in [1.165, 1.54) is 0 Å². The maximum absolute atomic E-state index is 11.9. The third-order valence-corrected chi connectivity index (χ3v) is 3.43. The molecule has 1 aromatic heterocycles. The highest BCUT2D eigenvalue weighted by Crippen LogP contribution is 2.37. The van der Waals surface area contributed by atoms with E-state index in [9.17, 15) is 9.59 Å². The Morgan fingerprint density at radius 2 is 2.28 bits per heavy atom. The first-order chi connectivity index (χ1) is 8.63. The van der Waals surface area contributed by atoms with Crippen LogP contribution in [0, 0.1) is 11.8 Å². The van der Waals surface area contributed by atoms with Crippen LogP contribution in [0.25, 0.3) is 11.1 Å². The highest BCUT2D eigenvalue weighted by molar-refractivity contribution is 5.94. The molecule has 1 aromatic carbocycles. The van der Waals surface area contributed by atoms with E-state index < -0.39 is 5.76 Å². The molecular weight excluding hydrogens is 232 g/mol. The molecule has 2 aromatic rings. The third kappa shape index (κ3) is 2.03. The summed E-state index contributed by atoms with van der Waals surface area (Å²) in [7, 11) is 0. The SMILES string of the molecule is CC(C(=O)Nc1ccc2oc(=O)[nH]c2c1)C1CC1. The van der Waals surface area contributed by atoms with Gasteiger partial charge in [0.15, 0.2) is 5.58 Å². The average Bonchev–Trinajstić information content (AvgIpc) is 3.10. The number of aromatic amines is 1. The van der Waals surface area contributed by atoms with Crippen molar-refractivity contribution >= 4 is 22.7 Å². The van der Waals surface area contributed by atoms with Gasteiger partial charge in [-0.1, -0.05) is 6.92 Å². The van der Waals surface area contributed by atoms with Crippen molar-refractivity contribution in [3.63, 3.8) is 0 Å². The van der Waals surface area contributed by atoms with Gasteiger partial charge in [0.25, 0.3) is 0 Å². The number of carbonyl (C=O) groups is 1. The summed E-state index contributed by atoms with van der Waals surface area (Å²) < 4.78 is 4.90. The number of hydrogen-bond acceptors (Lipinski definition) is 3. The van der Waals surface area contributed by atoms with Gasteiger partial charge in [-0.3, -0.25) is 9.78 Å². The number of carbonyl (C=O) groups excluding carboxylic acids is 1. The van der Waals surface area contributed by atoms with Gasteiger partial charge >= 0.3 is 5.76 Å². The molecule has 0 spiro atoms. The first-order valence-electron chi connectivity index (χ1n) is 6.07. The summed E-state index contributed by atoms with van der Waals surface area (Å²) in [6.07, 6.45) is 2.28. The molecule has 1 heterocycles. The number of hydrogen-bond donors (Lipinski definition) is 2. The Labute approximate surface area is 103 Å². The van der Waals surface area contributed by atoms with Gasteiger partial charge in [-0.05, 0) is 37.0 Å². The minimum absolute atomic E-state index is 0.0303. The van der Waals surface area contributed by atoms with Crippen molar-refractivity contribution < 1.29 is 9.21 Å². The number of nitrogens with one attached hydrogen (secondary N) is 2. The summed E-state index contributed by atoms with van der Waals surface area (Å²) in [5, 5.41) is 2.86.